The zero-order valence-corrected chi connectivity index (χ0v) is 11.6. The monoisotopic (exact) mass is 262 g/mol. The van der Waals surface area contributed by atoms with Crippen molar-refractivity contribution in [1.29, 1.82) is 0 Å². The standard InChI is InChI=1S/C15H22N2O2/c1-4-9-17-15(18)12(3)19-14-7-5-13(6-8-14)10-11(2)16/h4-8,11-12H,1,9-10,16H2,2-3H3,(H,17,18). The highest BCUT2D eigenvalue weighted by Crippen LogP contribution is 2.14. The van der Waals surface area contributed by atoms with E-state index in [4.69, 9.17) is 10.5 Å². The molecule has 0 aromatic heterocycles. The number of carbonyl (C=O) groups is 1. The smallest absolute Gasteiger partial charge is 0.261 e. The van der Waals surface area contributed by atoms with E-state index in [9.17, 15) is 4.79 Å². The van der Waals surface area contributed by atoms with E-state index < -0.39 is 6.10 Å². The van der Waals surface area contributed by atoms with Gasteiger partial charge in [-0.2, -0.15) is 0 Å². The average Bonchev–Trinajstić information content (AvgIpc) is 2.37. The van der Waals surface area contributed by atoms with Crippen molar-refractivity contribution in [2.45, 2.75) is 32.4 Å². The van der Waals surface area contributed by atoms with Crippen LogP contribution in [0.15, 0.2) is 36.9 Å². The van der Waals surface area contributed by atoms with Gasteiger partial charge in [0.2, 0.25) is 0 Å². The van der Waals surface area contributed by atoms with Crippen molar-refractivity contribution in [2.75, 3.05) is 6.54 Å². The lowest BCUT2D eigenvalue weighted by molar-refractivity contribution is -0.127. The molecule has 1 rings (SSSR count). The molecule has 19 heavy (non-hydrogen) atoms. The Labute approximate surface area is 114 Å². The summed E-state index contributed by atoms with van der Waals surface area (Å²) in [5.74, 6) is 0.522. The number of nitrogens with one attached hydrogen (secondary N) is 1. The topological polar surface area (TPSA) is 64.3 Å². The predicted octanol–water partition coefficient (Wildman–Crippen LogP) is 1.65. The largest absolute Gasteiger partial charge is 0.481 e. The minimum absolute atomic E-state index is 0.135. The summed E-state index contributed by atoms with van der Waals surface area (Å²) >= 11 is 0. The quantitative estimate of drug-likeness (QED) is 0.734. The zero-order valence-electron chi connectivity index (χ0n) is 11.6. The molecular weight excluding hydrogens is 240 g/mol. The van der Waals surface area contributed by atoms with Crippen LogP contribution in [-0.4, -0.2) is 24.6 Å². The van der Waals surface area contributed by atoms with Crippen LogP contribution in [0.25, 0.3) is 0 Å². The normalized spacial score (nSPS) is 13.4. The van der Waals surface area contributed by atoms with Crippen molar-refractivity contribution in [2.24, 2.45) is 5.73 Å². The third kappa shape index (κ3) is 5.57. The first-order valence-corrected chi connectivity index (χ1v) is 6.42. The first-order chi connectivity index (χ1) is 9.02. The highest BCUT2D eigenvalue weighted by atomic mass is 16.5. The summed E-state index contributed by atoms with van der Waals surface area (Å²) in [7, 11) is 0. The van der Waals surface area contributed by atoms with Gasteiger partial charge in [0.15, 0.2) is 6.10 Å². The van der Waals surface area contributed by atoms with E-state index in [1.165, 1.54) is 0 Å². The third-order valence-corrected chi connectivity index (χ3v) is 2.58. The highest BCUT2D eigenvalue weighted by Gasteiger charge is 2.13. The molecule has 0 fully saturated rings. The molecule has 1 aromatic carbocycles. The summed E-state index contributed by atoms with van der Waals surface area (Å²) in [6, 6.07) is 7.78. The van der Waals surface area contributed by atoms with Gasteiger partial charge < -0.3 is 15.8 Å². The molecule has 0 aliphatic rings. The van der Waals surface area contributed by atoms with Crippen molar-refractivity contribution in [3.63, 3.8) is 0 Å². The van der Waals surface area contributed by atoms with E-state index >= 15 is 0 Å². The molecule has 0 heterocycles. The van der Waals surface area contributed by atoms with Crippen molar-refractivity contribution >= 4 is 5.91 Å². The third-order valence-electron chi connectivity index (χ3n) is 2.58. The summed E-state index contributed by atoms with van der Waals surface area (Å²) in [6.07, 6.45) is 1.93. The van der Waals surface area contributed by atoms with Gasteiger partial charge in [-0.15, -0.1) is 6.58 Å². The van der Waals surface area contributed by atoms with Gasteiger partial charge in [-0.1, -0.05) is 18.2 Å². The summed E-state index contributed by atoms with van der Waals surface area (Å²) < 4.78 is 5.56. The Hall–Kier alpha value is -1.81. The van der Waals surface area contributed by atoms with Gasteiger partial charge in [0, 0.05) is 12.6 Å². The fraction of sp³-hybridized carbons (Fsp3) is 0.400. The first-order valence-electron chi connectivity index (χ1n) is 6.42. The van der Waals surface area contributed by atoms with E-state index in [0.717, 1.165) is 12.0 Å². The number of benzene rings is 1. The van der Waals surface area contributed by atoms with Crippen LogP contribution in [-0.2, 0) is 11.2 Å². The van der Waals surface area contributed by atoms with Crippen LogP contribution < -0.4 is 15.8 Å². The summed E-state index contributed by atoms with van der Waals surface area (Å²) in [6.45, 7) is 7.67. The van der Waals surface area contributed by atoms with Gasteiger partial charge in [-0.3, -0.25) is 4.79 Å². The molecule has 104 valence electrons. The van der Waals surface area contributed by atoms with Crippen LogP contribution in [0.2, 0.25) is 0 Å². The minimum atomic E-state index is -0.528. The molecule has 1 aromatic rings. The van der Waals surface area contributed by atoms with Crippen molar-refractivity contribution in [3.05, 3.63) is 42.5 Å². The molecule has 0 spiro atoms. The number of hydrogen-bond donors (Lipinski definition) is 2. The molecule has 0 bridgehead atoms. The fourth-order valence-corrected chi connectivity index (χ4v) is 1.65. The van der Waals surface area contributed by atoms with E-state index in [-0.39, 0.29) is 11.9 Å². The molecule has 2 unspecified atom stereocenters. The molecule has 0 aliphatic heterocycles. The molecule has 0 radical (unpaired) electrons. The summed E-state index contributed by atoms with van der Waals surface area (Å²) in [5.41, 5.74) is 6.90. The van der Waals surface area contributed by atoms with Crippen molar-refractivity contribution in [3.8, 4) is 5.75 Å². The summed E-state index contributed by atoms with van der Waals surface area (Å²) in [4.78, 5) is 11.6. The molecule has 0 saturated carbocycles. The van der Waals surface area contributed by atoms with Gasteiger partial charge in [-0.05, 0) is 38.0 Å². The number of hydrogen-bond acceptors (Lipinski definition) is 3. The number of ether oxygens (including phenoxy) is 1. The Morgan fingerprint density at radius 3 is 2.58 bits per heavy atom. The molecule has 2 atom stereocenters. The summed E-state index contributed by atoms with van der Waals surface area (Å²) in [5, 5.41) is 2.69. The van der Waals surface area contributed by atoms with Gasteiger partial charge in [0.1, 0.15) is 5.75 Å². The van der Waals surface area contributed by atoms with E-state index in [1.54, 1.807) is 13.0 Å². The second-order valence-corrected chi connectivity index (χ2v) is 4.62. The first kappa shape index (κ1) is 15.2. The molecule has 4 heteroatoms. The number of rotatable bonds is 7. The highest BCUT2D eigenvalue weighted by molar-refractivity contribution is 5.80. The maximum atomic E-state index is 11.6. The Kier molecular flexibility index (Phi) is 6.09. The minimum Gasteiger partial charge on any atom is -0.481 e. The van der Waals surface area contributed by atoms with E-state index in [2.05, 4.69) is 11.9 Å². The number of amides is 1. The van der Waals surface area contributed by atoms with Crippen LogP contribution in [0.5, 0.6) is 5.75 Å². The Morgan fingerprint density at radius 2 is 2.05 bits per heavy atom. The maximum Gasteiger partial charge on any atom is 0.261 e. The van der Waals surface area contributed by atoms with Gasteiger partial charge in [-0.25, -0.2) is 0 Å². The fourth-order valence-electron chi connectivity index (χ4n) is 1.65. The molecule has 1 amide bonds. The zero-order chi connectivity index (χ0) is 14.3. The molecule has 0 saturated heterocycles. The molecule has 0 aliphatic carbocycles. The second kappa shape index (κ2) is 7.59. The van der Waals surface area contributed by atoms with Crippen LogP contribution in [0.4, 0.5) is 0 Å². The van der Waals surface area contributed by atoms with Gasteiger partial charge in [0.25, 0.3) is 5.91 Å². The molecule has 3 N–H and O–H groups in total. The maximum absolute atomic E-state index is 11.6. The number of nitrogens with two attached hydrogens (primary N) is 1. The van der Waals surface area contributed by atoms with Crippen LogP contribution >= 0.6 is 0 Å². The van der Waals surface area contributed by atoms with Crippen LogP contribution in [0, 0.1) is 0 Å². The van der Waals surface area contributed by atoms with Gasteiger partial charge >= 0.3 is 0 Å². The van der Waals surface area contributed by atoms with Crippen LogP contribution in [0.3, 0.4) is 0 Å². The lowest BCUT2D eigenvalue weighted by Gasteiger charge is -2.14. The predicted molar refractivity (Wildman–Crippen MR) is 77.1 cm³/mol. The van der Waals surface area contributed by atoms with Crippen molar-refractivity contribution < 1.29 is 9.53 Å². The van der Waals surface area contributed by atoms with Crippen LogP contribution in [0.1, 0.15) is 19.4 Å². The van der Waals surface area contributed by atoms with Gasteiger partial charge in [0.05, 0.1) is 0 Å². The Balaban J connectivity index is 2.52. The second-order valence-electron chi connectivity index (χ2n) is 4.62. The lowest BCUT2D eigenvalue weighted by atomic mass is 10.1. The molecule has 4 nitrogen and oxygen atoms in total. The average molecular weight is 262 g/mol. The Morgan fingerprint density at radius 1 is 1.42 bits per heavy atom. The van der Waals surface area contributed by atoms with E-state index in [0.29, 0.717) is 12.3 Å². The lowest BCUT2D eigenvalue weighted by Crippen LogP contribution is -2.36. The van der Waals surface area contributed by atoms with E-state index in [1.807, 2.05) is 31.2 Å². The number of carbonyl (C=O) groups excluding carboxylic acids is 1. The molecular formula is C15H22N2O2. The Bertz CT molecular complexity index is 413. The SMILES string of the molecule is C=CCNC(=O)C(C)Oc1ccc(CC(C)N)cc1. The van der Waals surface area contributed by atoms with Crippen molar-refractivity contribution in [1.82, 2.24) is 5.32 Å².